The highest BCUT2D eigenvalue weighted by Crippen LogP contribution is 2.44. The lowest BCUT2D eigenvalue weighted by molar-refractivity contribution is -0.122. The third kappa shape index (κ3) is 11.9. The summed E-state index contributed by atoms with van der Waals surface area (Å²) in [6, 6.07) is 0. The summed E-state index contributed by atoms with van der Waals surface area (Å²) in [7, 11) is -4.24. The van der Waals surface area contributed by atoms with E-state index in [-0.39, 0.29) is 13.2 Å². The van der Waals surface area contributed by atoms with Crippen LogP contribution in [-0.2, 0) is 32.6 Å². The van der Waals surface area contributed by atoms with Crippen molar-refractivity contribution in [2.45, 2.75) is 67.0 Å². The standard InChI is InChI=1S/C16H32NO9P/c1-7-9-21-15(18)23-13(11(3)4)25-27(17,20)26-14(12(5)6)24-16(19)22-10-8-2/h11-14H,7-10H2,1-6H3,(H2,17,20). The molecule has 0 rings (SSSR count). The van der Waals surface area contributed by atoms with Gasteiger partial charge in [0.1, 0.15) is 0 Å². The first-order chi connectivity index (χ1) is 12.5. The predicted octanol–water partition coefficient (Wildman–Crippen LogP) is 4.18. The highest BCUT2D eigenvalue weighted by atomic mass is 31.2. The lowest BCUT2D eigenvalue weighted by Gasteiger charge is -2.27. The average molecular weight is 413 g/mol. The Kier molecular flexibility index (Phi) is 12.3. The second-order valence-corrected chi connectivity index (χ2v) is 7.91. The van der Waals surface area contributed by atoms with Crippen LogP contribution in [0, 0.1) is 11.8 Å². The number of hydrogen-bond donors (Lipinski definition) is 1. The van der Waals surface area contributed by atoms with Crippen LogP contribution in [0.5, 0.6) is 0 Å². The zero-order valence-electron chi connectivity index (χ0n) is 16.8. The van der Waals surface area contributed by atoms with Gasteiger partial charge in [-0.15, -0.1) is 0 Å². The van der Waals surface area contributed by atoms with E-state index in [2.05, 4.69) is 0 Å². The molecule has 0 aromatic carbocycles. The van der Waals surface area contributed by atoms with Crippen molar-refractivity contribution in [1.82, 2.24) is 0 Å². The second-order valence-electron chi connectivity index (χ2n) is 6.41. The molecular formula is C16H32NO9P. The van der Waals surface area contributed by atoms with Crippen molar-refractivity contribution < 1.29 is 42.1 Å². The van der Waals surface area contributed by atoms with Crippen LogP contribution >= 0.6 is 7.75 Å². The summed E-state index contributed by atoms with van der Waals surface area (Å²) in [5.41, 5.74) is 5.59. The number of hydrogen-bond acceptors (Lipinski definition) is 9. The van der Waals surface area contributed by atoms with Gasteiger partial charge in [-0.2, -0.15) is 0 Å². The van der Waals surface area contributed by atoms with E-state index in [1.165, 1.54) is 0 Å². The van der Waals surface area contributed by atoms with E-state index in [0.29, 0.717) is 12.8 Å². The van der Waals surface area contributed by atoms with Gasteiger partial charge in [-0.25, -0.2) is 19.7 Å². The topological polar surface area (TPSA) is 133 Å². The van der Waals surface area contributed by atoms with Crippen molar-refractivity contribution in [2.75, 3.05) is 13.2 Å². The third-order valence-electron chi connectivity index (χ3n) is 2.86. The van der Waals surface area contributed by atoms with Crippen LogP contribution in [0.2, 0.25) is 0 Å². The summed E-state index contributed by atoms with van der Waals surface area (Å²) in [5.74, 6) is -0.792. The average Bonchev–Trinajstić information content (AvgIpc) is 2.56. The molecule has 0 saturated heterocycles. The first kappa shape index (κ1) is 25.6. The molecule has 27 heavy (non-hydrogen) atoms. The molecule has 10 nitrogen and oxygen atoms in total. The Morgan fingerprint density at radius 2 is 1.15 bits per heavy atom. The van der Waals surface area contributed by atoms with Gasteiger partial charge in [0.2, 0.25) is 12.6 Å². The van der Waals surface area contributed by atoms with E-state index in [9.17, 15) is 14.2 Å². The molecule has 0 radical (unpaired) electrons. The predicted molar refractivity (Wildman–Crippen MR) is 96.7 cm³/mol. The highest BCUT2D eigenvalue weighted by Gasteiger charge is 2.35. The lowest BCUT2D eigenvalue weighted by atomic mass is 10.2. The molecule has 0 saturated carbocycles. The molecule has 0 aliphatic carbocycles. The highest BCUT2D eigenvalue weighted by molar-refractivity contribution is 7.51. The first-order valence-corrected chi connectivity index (χ1v) is 10.6. The third-order valence-corrected chi connectivity index (χ3v) is 3.87. The minimum absolute atomic E-state index is 0.170. The van der Waals surface area contributed by atoms with Crippen LogP contribution in [0.15, 0.2) is 0 Å². The Morgan fingerprint density at radius 1 is 0.815 bits per heavy atom. The van der Waals surface area contributed by atoms with Gasteiger partial charge in [0.05, 0.1) is 13.2 Å². The van der Waals surface area contributed by atoms with E-state index in [1.807, 2.05) is 13.8 Å². The van der Waals surface area contributed by atoms with Gasteiger partial charge in [0.25, 0.3) is 0 Å². The smallest absolute Gasteiger partial charge is 0.434 e. The van der Waals surface area contributed by atoms with Crippen molar-refractivity contribution in [2.24, 2.45) is 17.3 Å². The van der Waals surface area contributed by atoms with Crippen LogP contribution in [0.1, 0.15) is 54.4 Å². The minimum Gasteiger partial charge on any atom is -0.434 e. The second kappa shape index (κ2) is 12.9. The Morgan fingerprint density at radius 3 is 1.41 bits per heavy atom. The van der Waals surface area contributed by atoms with Crippen LogP contribution in [0.25, 0.3) is 0 Å². The Balaban J connectivity index is 4.91. The number of rotatable bonds is 12. The van der Waals surface area contributed by atoms with Gasteiger partial charge in [0.15, 0.2) is 0 Å². The molecule has 2 unspecified atom stereocenters. The maximum absolute atomic E-state index is 12.5. The van der Waals surface area contributed by atoms with Gasteiger partial charge < -0.3 is 18.9 Å². The molecule has 0 fully saturated rings. The summed E-state index contributed by atoms with van der Waals surface area (Å²) in [6.45, 7) is 10.6. The quantitative estimate of drug-likeness (QED) is 0.282. The fourth-order valence-corrected chi connectivity index (χ4v) is 2.70. The van der Waals surface area contributed by atoms with Gasteiger partial charge in [-0.3, -0.25) is 9.05 Å². The van der Waals surface area contributed by atoms with Crippen LogP contribution < -0.4 is 5.50 Å². The van der Waals surface area contributed by atoms with Gasteiger partial charge in [0, 0.05) is 11.8 Å². The zero-order valence-corrected chi connectivity index (χ0v) is 17.7. The molecular weight excluding hydrogens is 381 g/mol. The molecule has 2 atom stereocenters. The molecule has 0 spiro atoms. The van der Waals surface area contributed by atoms with Gasteiger partial charge in [-0.1, -0.05) is 41.5 Å². The van der Waals surface area contributed by atoms with Crippen LogP contribution in [0.4, 0.5) is 9.59 Å². The molecule has 0 bridgehead atoms. The Hall–Kier alpha value is -1.35. The van der Waals surface area contributed by atoms with Crippen molar-refractivity contribution >= 4 is 20.1 Å². The fraction of sp³-hybridized carbons (Fsp3) is 0.875. The van der Waals surface area contributed by atoms with E-state index < -0.39 is 44.5 Å². The molecule has 0 aliphatic heterocycles. The molecule has 0 aromatic heterocycles. The first-order valence-electron chi connectivity index (χ1n) is 8.94. The van der Waals surface area contributed by atoms with E-state index >= 15 is 0 Å². The largest absolute Gasteiger partial charge is 0.510 e. The fourth-order valence-electron chi connectivity index (χ4n) is 1.50. The summed E-state index contributed by atoms with van der Waals surface area (Å²) in [5, 5.41) is 0. The van der Waals surface area contributed by atoms with Crippen molar-refractivity contribution in [1.29, 1.82) is 0 Å². The number of ether oxygens (including phenoxy) is 4. The van der Waals surface area contributed by atoms with Gasteiger partial charge in [-0.05, 0) is 12.8 Å². The number of carbonyl (C=O) groups excluding carboxylic acids is 2. The molecule has 0 aromatic rings. The molecule has 160 valence electrons. The zero-order chi connectivity index (χ0) is 21.0. The summed E-state index contributed by atoms with van der Waals surface area (Å²) in [4.78, 5) is 23.2. The molecule has 0 aliphatic rings. The van der Waals surface area contributed by atoms with E-state index in [4.69, 9.17) is 33.5 Å². The van der Waals surface area contributed by atoms with E-state index in [1.54, 1.807) is 27.7 Å². The van der Waals surface area contributed by atoms with Crippen molar-refractivity contribution in [3.05, 3.63) is 0 Å². The van der Waals surface area contributed by atoms with Crippen molar-refractivity contribution in [3.8, 4) is 0 Å². The molecule has 0 amide bonds. The Bertz CT molecular complexity index is 458. The number of nitrogens with two attached hydrogens (primary N) is 1. The minimum atomic E-state index is -4.24. The summed E-state index contributed by atoms with van der Waals surface area (Å²) < 4.78 is 42.4. The monoisotopic (exact) mass is 413 g/mol. The number of carbonyl (C=O) groups is 2. The van der Waals surface area contributed by atoms with Crippen molar-refractivity contribution in [3.63, 3.8) is 0 Å². The van der Waals surface area contributed by atoms with Crippen LogP contribution in [-0.4, -0.2) is 38.1 Å². The molecule has 0 heterocycles. The summed E-state index contributed by atoms with van der Waals surface area (Å²) in [6.07, 6.45) is -3.27. The SMILES string of the molecule is CCCOC(=O)OC(OP(N)(=O)OC(OC(=O)OCCC)C(C)C)C(C)C. The molecule has 11 heteroatoms. The van der Waals surface area contributed by atoms with E-state index in [0.717, 1.165) is 0 Å². The summed E-state index contributed by atoms with van der Waals surface area (Å²) >= 11 is 0. The maximum atomic E-state index is 12.5. The maximum Gasteiger partial charge on any atom is 0.510 e. The Labute approximate surface area is 160 Å². The normalized spacial score (nSPS) is 15.7. The van der Waals surface area contributed by atoms with Crippen LogP contribution in [0.3, 0.4) is 0 Å². The lowest BCUT2D eigenvalue weighted by Crippen LogP contribution is -2.31. The van der Waals surface area contributed by atoms with Gasteiger partial charge >= 0.3 is 20.1 Å². The molecule has 2 N–H and O–H groups in total.